The summed E-state index contributed by atoms with van der Waals surface area (Å²) in [4.78, 5) is 24.5. The molecule has 1 rings (SSSR count). The first-order chi connectivity index (χ1) is 8.84. The largest absolute Gasteiger partial charge is 0.466 e. The van der Waals surface area contributed by atoms with Crippen molar-refractivity contribution in [2.75, 3.05) is 37.5 Å². The topological polar surface area (TPSA) is 80.8 Å². The number of Topliss-reactive ketones (excluding diaryl/α,β-unsaturated/α-hetero) is 1. The van der Waals surface area contributed by atoms with E-state index in [9.17, 15) is 18.0 Å². The lowest BCUT2D eigenvalue weighted by molar-refractivity contribution is -0.145. The zero-order chi connectivity index (χ0) is 14.5. The van der Waals surface area contributed by atoms with Gasteiger partial charge in [0.15, 0.2) is 15.6 Å². The molecule has 0 saturated carbocycles. The minimum absolute atomic E-state index is 0.0168. The summed E-state index contributed by atoms with van der Waals surface area (Å²) < 4.78 is 28.0. The molecule has 0 radical (unpaired) electrons. The molecule has 8 heteroatoms. The van der Waals surface area contributed by atoms with Crippen molar-refractivity contribution >= 4 is 33.4 Å². The number of rotatable bonds is 6. The number of ketones is 1. The molecule has 0 N–H and O–H groups in total. The molecule has 0 bridgehead atoms. The Kier molecular flexibility index (Phi) is 6.28. The van der Waals surface area contributed by atoms with E-state index in [-0.39, 0.29) is 25.4 Å². The van der Waals surface area contributed by atoms with Crippen LogP contribution in [0.4, 0.5) is 0 Å². The number of carbonyl (C=O) groups is 2. The lowest BCUT2D eigenvalue weighted by Crippen LogP contribution is -2.49. The van der Waals surface area contributed by atoms with Gasteiger partial charge in [-0.3, -0.25) is 14.5 Å². The quantitative estimate of drug-likeness (QED) is 0.502. The zero-order valence-electron chi connectivity index (χ0n) is 11.1. The number of sulfone groups is 1. The minimum Gasteiger partial charge on any atom is -0.466 e. The summed E-state index contributed by atoms with van der Waals surface area (Å²) in [5.41, 5.74) is 0. The van der Waals surface area contributed by atoms with E-state index in [1.165, 1.54) is 6.26 Å². The van der Waals surface area contributed by atoms with Gasteiger partial charge in [0.2, 0.25) is 0 Å². The van der Waals surface area contributed by atoms with Crippen LogP contribution >= 0.6 is 11.8 Å². The Labute approximate surface area is 117 Å². The minimum atomic E-state index is -3.22. The summed E-state index contributed by atoms with van der Waals surface area (Å²) in [6.07, 6.45) is 0.875. The summed E-state index contributed by atoms with van der Waals surface area (Å²) >= 11 is 1.56. The normalized spacial score (nSPS) is 21.1. The molecule has 1 heterocycles. The molecule has 1 unspecified atom stereocenters. The molecule has 1 aliphatic heterocycles. The van der Waals surface area contributed by atoms with Crippen molar-refractivity contribution in [3.8, 4) is 0 Å². The van der Waals surface area contributed by atoms with Crippen molar-refractivity contribution in [1.82, 2.24) is 4.90 Å². The Morgan fingerprint density at radius 2 is 2.11 bits per heavy atom. The number of ether oxygens (including phenoxy) is 1. The molecule has 1 saturated heterocycles. The highest BCUT2D eigenvalue weighted by Crippen LogP contribution is 2.20. The average Bonchev–Trinajstić information content (AvgIpc) is 2.28. The van der Waals surface area contributed by atoms with Crippen LogP contribution in [0.15, 0.2) is 0 Å². The van der Waals surface area contributed by atoms with Crippen molar-refractivity contribution < 1.29 is 22.7 Å². The third kappa shape index (κ3) is 5.50. The molecule has 0 aromatic heterocycles. The second-order valence-corrected chi connectivity index (χ2v) is 7.70. The summed E-state index contributed by atoms with van der Waals surface area (Å²) in [5.74, 6) is 0.387. The predicted octanol–water partition coefficient (Wildman–Crippen LogP) is -0.0718. The fourth-order valence-corrected chi connectivity index (χ4v) is 4.79. The van der Waals surface area contributed by atoms with Crippen molar-refractivity contribution in [3.63, 3.8) is 0 Å². The van der Waals surface area contributed by atoms with Crippen LogP contribution in [0.2, 0.25) is 0 Å². The maximum atomic E-state index is 11.7. The third-order valence-corrected chi connectivity index (χ3v) is 5.40. The fraction of sp³-hybridized carbons (Fsp3) is 0.818. The van der Waals surface area contributed by atoms with Gasteiger partial charge in [0.25, 0.3) is 0 Å². The number of esters is 1. The number of nitrogens with zero attached hydrogens (tertiary/aromatic N) is 1. The molecule has 0 aromatic carbocycles. The molecule has 0 spiro atoms. The predicted molar refractivity (Wildman–Crippen MR) is 73.8 cm³/mol. The van der Waals surface area contributed by atoms with Crippen LogP contribution in [-0.4, -0.2) is 67.9 Å². The van der Waals surface area contributed by atoms with Crippen LogP contribution in [0.3, 0.4) is 0 Å². The van der Waals surface area contributed by atoms with Crippen LogP contribution in [0, 0.1) is 0 Å². The van der Waals surface area contributed by atoms with Gasteiger partial charge in [-0.15, -0.1) is 0 Å². The summed E-state index contributed by atoms with van der Waals surface area (Å²) in [7, 11) is -3.22. The number of carbonyl (C=O) groups excluding carboxylic acids is 2. The fourth-order valence-electron chi connectivity index (χ4n) is 1.85. The summed E-state index contributed by atoms with van der Waals surface area (Å²) in [6.45, 7) is 2.43. The standard InChI is InChI=1S/C11H19NO5S2/c1-3-17-11(14)6-9(13)7-12-4-5-18-8-10(12)19(2,15)16/h10H,3-8H2,1-2H3. The Morgan fingerprint density at radius 1 is 1.42 bits per heavy atom. The number of hydrogen-bond acceptors (Lipinski definition) is 7. The van der Waals surface area contributed by atoms with E-state index in [4.69, 9.17) is 4.74 Å². The monoisotopic (exact) mass is 309 g/mol. The zero-order valence-corrected chi connectivity index (χ0v) is 12.8. The Hall–Kier alpha value is -0.600. The van der Waals surface area contributed by atoms with Crippen molar-refractivity contribution in [2.45, 2.75) is 18.7 Å². The summed E-state index contributed by atoms with van der Waals surface area (Å²) in [6, 6.07) is 0. The second-order valence-electron chi connectivity index (χ2n) is 4.35. The molecule has 1 atom stereocenters. The van der Waals surface area contributed by atoms with Gasteiger partial charge in [-0.1, -0.05) is 0 Å². The van der Waals surface area contributed by atoms with Crippen LogP contribution < -0.4 is 0 Å². The maximum Gasteiger partial charge on any atom is 0.313 e. The van der Waals surface area contributed by atoms with E-state index in [0.29, 0.717) is 12.3 Å². The van der Waals surface area contributed by atoms with Crippen molar-refractivity contribution in [3.05, 3.63) is 0 Å². The molecular formula is C11H19NO5S2. The van der Waals surface area contributed by atoms with E-state index in [2.05, 4.69) is 0 Å². The van der Waals surface area contributed by atoms with E-state index < -0.39 is 21.2 Å². The smallest absolute Gasteiger partial charge is 0.313 e. The number of hydrogen-bond donors (Lipinski definition) is 0. The highest BCUT2D eigenvalue weighted by atomic mass is 32.2. The van der Waals surface area contributed by atoms with Gasteiger partial charge in [0, 0.05) is 24.3 Å². The van der Waals surface area contributed by atoms with Gasteiger partial charge in [0.1, 0.15) is 11.8 Å². The van der Waals surface area contributed by atoms with E-state index in [0.717, 1.165) is 5.75 Å². The molecule has 0 aromatic rings. The highest BCUT2D eigenvalue weighted by molar-refractivity contribution is 8.00. The molecule has 6 nitrogen and oxygen atoms in total. The number of thioether (sulfide) groups is 1. The average molecular weight is 309 g/mol. The molecule has 110 valence electrons. The van der Waals surface area contributed by atoms with Gasteiger partial charge in [0.05, 0.1) is 13.2 Å². The van der Waals surface area contributed by atoms with Gasteiger partial charge in [-0.05, 0) is 6.92 Å². The lowest BCUT2D eigenvalue weighted by atomic mass is 10.2. The Bertz CT molecular complexity index is 434. The molecule has 19 heavy (non-hydrogen) atoms. The van der Waals surface area contributed by atoms with Gasteiger partial charge in [-0.25, -0.2) is 8.42 Å². The molecular weight excluding hydrogens is 290 g/mol. The van der Waals surface area contributed by atoms with E-state index in [1.807, 2.05) is 0 Å². The van der Waals surface area contributed by atoms with Crippen LogP contribution in [0.25, 0.3) is 0 Å². The van der Waals surface area contributed by atoms with Crippen LogP contribution in [0.1, 0.15) is 13.3 Å². The first-order valence-corrected chi connectivity index (χ1v) is 9.13. The van der Waals surface area contributed by atoms with Crippen molar-refractivity contribution in [2.24, 2.45) is 0 Å². The molecule has 0 aliphatic carbocycles. The molecule has 0 amide bonds. The first kappa shape index (κ1) is 16.5. The van der Waals surface area contributed by atoms with Crippen LogP contribution in [0.5, 0.6) is 0 Å². The van der Waals surface area contributed by atoms with Gasteiger partial charge >= 0.3 is 5.97 Å². The highest BCUT2D eigenvalue weighted by Gasteiger charge is 2.32. The van der Waals surface area contributed by atoms with Crippen LogP contribution in [-0.2, 0) is 24.2 Å². The van der Waals surface area contributed by atoms with Gasteiger partial charge < -0.3 is 4.74 Å². The third-order valence-electron chi connectivity index (χ3n) is 2.71. The van der Waals surface area contributed by atoms with E-state index >= 15 is 0 Å². The lowest BCUT2D eigenvalue weighted by Gasteiger charge is -2.33. The molecule has 1 fully saturated rings. The SMILES string of the molecule is CCOC(=O)CC(=O)CN1CCSCC1S(C)(=O)=O. The Morgan fingerprint density at radius 3 is 2.68 bits per heavy atom. The second kappa shape index (κ2) is 7.25. The van der Waals surface area contributed by atoms with Crippen molar-refractivity contribution in [1.29, 1.82) is 0 Å². The molecule has 1 aliphatic rings. The summed E-state index contributed by atoms with van der Waals surface area (Å²) in [5, 5.41) is -0.641. The maximum absolute atomic E-state index is 11.7. The Balaban J connectivity index is 2.58. The van der Waals surface area contributed by atoms with Gasteiger partial charge in [-0.2, -0.15) is 11.8 Å². The van der Waals surface area contributed by atoms with E-state index in [1.54, 1.807) is 23.6 Å². The first-order valence-electron chi connectivity index (χ1n) is 6.02.